The number of hydrogen-bond acceptors (Lipinski definition) is 12. The Bertz CT molecular complexity index is 213. The van der Waals surface area contributed by atoms with Gasteiger partial charge in [0.15, 0.2) is 0 Å². The summed E-state index contributed by atoms with van der Waals surface area (Å²) in [4.78, 5) is 45.5. The maximum Gasteiger partial charge on any atom is 0.589 e. The van der Waals surface area contributed by atoms with Crippen LogP contribution in [0.25, 0.3) is 0 Å². The Morgan fingerprint density at radius 2 is 0.750 bits per heavy atom. The van der Waals surface area contributed by atoms with Crippen LogP contribution in [0.2, 0.25) is 0 Å². The summed E-state index contributed by atoms with van der Waals surface area (Å²) in [6, 6.07) is 0. The van der Waals surface area contributed by atoms with Crippen molar-refractivity contribution in [3.63, 3.8) is 0 Å². The summed E-state index contributed by atoms with van der Waals surface area (Å²) in [6.45, 7) is 0.706. The topological polar surface area (TPSA) is 506 Å². The molecule has 0 fully saturated rings. The molecule has 0 aromatic carbocycles. The summed E-state index contributed by atoms with van der Waals surface area (Å²) in [7, 11) is 0. The first-order valence-electron chi connectivity index (χ1n) is 2.15. The van der Waals surface area contributed by atoms with Gasteiger partial charge >= 0.3 is 12.3 Å². The zero-order chi connectivity index (χ0) is 9.40. The molecular weight excluding hydrogens is 727 g/mol. The predicted molar refractivity (Wildman–Crippen MR) is 113 cm³/mol. The second kappa shape index (κ2) is 191. The average Bonchev–Trinajstić information content (AvgIpc) is 2.10. The summed E-state index contributed by atoms with van der Waals surface area (Å²) in [5.74, 6) is 0. The van der Waals surface area contributed by atoms with Gasteiger partial charge in [-0.3, -0.25) is 4.89 Å². The van der Waals surface area contributed by atoms with Gasteiger partial charge in [0.1, 0.15) is 0 Å². The molecule has 220 valence electrons. The van der Waals surface area contributed by atoms with Gasteiger partial charge in [-0.1, -0.05) is 44.6 Å². The monoisotopic (exact) mass is 774 g/mol. The molecule has 0 aromatic rings. The van der Waals surface area contributed by atoms with Crippen molar-refractivity contribution < 1.29 is 175 Å². The summed E-state index contributed by atoms with van der Waals surface area (Å²) >= 11 is 0. The number of carbonyl (C=O) groups excluding carboxylic acids is 3. The smallest absolute Gasteiger partial charge is 0.494 e. The Balaban J connectivity index is -0.00000000318. The maximum atomic E-state index is 10.1. The van der Waals surface area contributed by atoms with E-state index in [1.807, 2.05) is 0 Å². The normalized spacial score (nSPS) is 2.91. The minimum absolute atomic E-state index is 0. The third-order valence-corrected chi connectivity index (χ3v) is 0.396. The molecule has 0 amide bonds. The molecule has 23 heteroatoms. The van der Waals surface area contributed by atoms with E-state index in [4.69, 9.17) is 5.26 Å². The van der Waals surface area contributed by atoms with Gasteiger partial charge < -0.3 is 77.4 Å². The molecule has 32 heavy (non-hydrogen) atoms. The van der Waals surface area contributed by atoms with E-state index in [1.54, 1.807) is 0 Å². The van der Waals surface area contributed by atoms with Crippen LogP contribution in [0.1, 0.15) is 44.6 Å². The van der Waals surface area contributed by atoms with Crippen LogP contribution in [0, 0.1) is 81.7 Å². The van der Waals surface area contributed by atoms with E-state index in [-0.39, 0.29) is 194 Å². The summed E-state index contributed by atoms with van der Waals surface area (Å²) in [5.41, 5.74) is 0. The van der Waals surface area contributed by atoms with Crippen molar-refractivity contribution in [3.05, 3.63) is 0 Å². The molecule has 0 unspecified atom stereocenters. The quantitative estimate of drug-likeness (QED) is 0.121. The van der Waals surface area contributed by atoms with Gasteiger partial charge in [-0.2, -0.15) is 24.6 Å². The summed E-state index contributed by atoms with van der Waals surface area (Å²) < 4.78 is 0. The second-order valence-corrected chi connectivity index (χ2v) is 1.01. The van der Waals surface area contributed by atoms with Gasteiger partial charge in [0.25, 0.3) is 0 Å². The van der Waals surface area contributed by atoms with Crippen LogP contribution in [-0.2, 0) is 29.2 Å². The molecule has 0 saturated heterocycles. The molecule has 0 bridgehead atoms. The third-order valence-electron chi connectivity index (χ3n) is 0.396. The van der Waals surface area contributed by atoms with E-state index in [1.165, 1.54) is 0 Å². The molecule has 0 aromatic heterocycles. The Morgan fingerprint density at radius 3 is 0.938 bits per heavy atom. The zero-order valence-electron chi connectivity index (χ0n) is 12.8. The first kappa shape index (κ1) is 250. The van der Waals surface area contributed by atoms with E-state index < -0.39 is 12.3 Å². The van der Waals surface area contributed by atoms with E-state index in [0.29, 0.717) is 6.47 Å². The SMILES string of the molecule is C.C.C.C.C.C.N.N.N.O.O.O.O.O.O.O.O.O.O=[C-]OOC(=O)OOC(=O)OO.[Nd].[Nd]. The van der Waals surface area contributed by atoms with Crippen LogP contribution in [0.15, 0.2) is 0 Å². The third kappa shape index (κ3) is 205. The molecule has 0 radical (unpaired) electrons. The maximum absolute atomic E-state index is 10.1. The van der Waals surface area contributed by atoms with Crippen molar-refractivity contribution in [3.8, 4) is 0 Å². The molecule has 0 aliphatic rings. The zero-order valence-corrected chi connectivity index (χ0v) is 19.3. The molecule has 0 saturated carbocycles. The van der Waals surface area contributed by atoms with Crippen LogP contribution in [-0.4, -0.2) is 73.3 Å². The standard InChI is InChI=1S/C3HO9.6CH4.3H3N.2Nd.9H2O/c4-1-8-10-3(6)12-11-2(5)9-7;;;;;;;;;;;;;;;;;;;;/h7H;6*1H4;3*1H3;;;9*1H2/q-1;;;;;;;;;;;;;;;;;;;;. The van der Waals surface area contributed by atoms with Crippen molar-refractivity contribution in [2.24, 2.45) is 0 Å². The first-order valence-corrected chi connectivity index (χ1v) is 2.15. The number of hydrogen-bond donors (Lipinski definition) is 4. The minimum atomic E-state index is -1.71. The van der Waals surface area contributed by atoms with Crippen LogP contribution in [0.5, 0.6) is 0 Å². The van der Waals surface area contributed by atoms with Crippen molar-refractivity contribution >= 4 is 18.8 Å². The number of rotatable bonds is 2. The van der Waals surface area contributed by atoms with Crippen molar-refractivity contribution in [1.82, 2.24) is 18.5 Å². The summed E-state index contributed by atoms with van der Waals surface area (Å²) in [6.07, 6.45) is -3.37. The van der Waals surface area contributed by atoms with E-state index in [0.717, 1.165) is 0 Å². The largest absolute Gasteiger partial charge is 0.589 e. The minimum Gasteiger partial charge on any atom is -0.494 e. The van der Waals surface area contributed by atoms with Gasteiger partial charge in [0.05, 0.1) is 0 Å². The molecule has 0 atom stereocenters. The van der Waals surface area contributed by atoms with E-state index in [9.17, 15) is 14.4 Å². The Morgan fingerprint density at radius 1 is 0.531 bits per heavy atom. The van der Waals surface area contributed by atoms with Crippen LogP contribution < -0.4 is 18.5 Å². The molecule has 0 heterocycles. The second-order valence-electron chi connectivity index (χ2n) is 1.01. The predicted octanol–water partition coefficient (Wildman–Crippen LogP) is -3.44. The Labute approximate surface area is 254 Å². The fourth-order valence-corrected chi connectivity index (χ4v) is 0.148. The molecule has 0 rings (SSSR count). The average molecular weight is 779 g/mol. The van der Waals surface area contributed by atoms with Crippen LogP contribution >= 0.6 is 0 Å². The summed E-state index contributed by atoms with van der Waals surface area (Å²) in [5, 5.41) is 7.52. The molecule has 0 aliphatic carbocycles. The fourth-order valence-electron chi connectivity index (χ4n) is 0.148. The van der Waals surface area contributed by atoms with Crippen LogP contribution in [0.4, 0.5) is 9.59 Å². The molecule has 28 N–H and O–H groups in total. The van der Waals surface area contributed by atoms with Gasteiger partial charge in [-0.15, -0.1) is 0 Å². The van der Waals surface area contributed by atoms with Crippen molar-refractivity contribution in [2.45, 2.75) is 44.6 Å². The van der Waals surface area contributed by atoms with Gasteiger partial charge in [0, 0.05) is 81.7 Å². The molecular formula is C9H52N3Nd2O18-. The van der Waals surface area contributed by atoms with Gasteiger partial charge in [0.2, 0.25) is 0 Å². The molecule has 21 nitrogen and oxygen atoms in total. The van der Waals surface area contributed by atoms with Crippen molar-refractivity contribution in [1.29, 1.82) is 0 Å². The van der Waals surface area contributed by atoms with Crippen LogP contribution in [0.3, 0.4) is 0 Å². The van der Waals surface area contributed by atoms with E-state index >= 15 is 0 Å². The molecule has 0 spiro atoms. The first-order chi connectivity index (χ1) is 5.70. The number of carbonyl (C=O) groups is 2. The van der Waals surface area contributed by atoms with E-state index in [2.05, 4.69) is 24.4 Å². The Kier molecular flexibility index (Phi) is 1490. The Hall–Kier alpha value is 0.191. The van der Waals surface area contributed by atoms with Gasteiger partial charge in [-0.05, 0) is 6.47 Å². The molecule has 0 aliphatic heterocycles. The van der Waals surface area contributed by atoms with Crippen molar-refractivity contribution in [2.75, 3.05) is 0 Å². The fraction of sp³-hybridized carbons (Fsp3) is 0.667. The van der Waals surface area contributed by atoms with Gasteiger partial charge in [-0.25, -0.2) is 4.89 Å².